The number of allylic oxidation sites excluding steroid dienone is 2. The summed E-state index contributed by atoms with van der Waals surface area (Å²) < 4.78 is 36.8. The summed E-state index contributed by atoms with van der Waals surface area (Å²) in [7, 11) is -4.55. The highest BCUT2D eigenvalue weighted by Gasteiger charge is 2.45. The molecule has 4 atom stereocenters. The van der Waals surface area contributed by atoms with Crippen LogP contribution in [0, 0.1) is 28.6 Å². The number of fused-ring (bicyclic) bond motifs is 1. The Labute approximate surface area is 246 Å². The van der Waals surface area contributed by atoms with Gasteiger partial charge in [-0.15, -0.1) is 0 Å². The van der Waals surface area contributed by atoms with Gasteiger partial charge in [0.1, 0.15) is 0 Å². The molecular weight excluding hydrogens is 544 g/mol. The van der Waals surface area contributed by atoms with E-state index >= 15 is 0 Å². The van der Waals surface area contributed by atoms with Gasteiger partial charge in [-0.3, -0.25) is 24.0 Å². The Kier molecular flexibility index (Phi) is 11.2. The number of amides is 2. The van der Waals surface area contributed by atoms with Gasteiger partial charge in [-0.1, -0.05) is 39.3 Å². The van der Waals surface area contributed by atoms with E-state index in [2.05, 4.69) is 38.8 Å². The van der Waals surface area contributed by atoms with Crippen LogP contribution in [0.4, 0.5) is 0 Å². The van der Waals surface area contributed by atoms with Crippen LogP contribution in [0.5, 0.6) is 0 Å². The molecule has 0 aromatic rings. The summed E-state index contributed by atoms with van der Waals surface area (Å²) in [6, 6.07) is 0. The van der Waals surface area contributed by atoms with Gasteiger partial charge in [0.05, 0.1) is 6.61 Å². The average molecular weight is 595 g/mol. The number of rotatable bonds is 15. The van der Waals surface area contributed by atoms with Crippen LogP contribution in [0.2, 0.25) is 0 Å². The van der Waals surface area contributed by atoms with Gasteiger partial charge in [-0.25, -0.2) is 4.18 Å². The number of unbranched alkanes of at least 4 members (excludes halogenated alkanes) is 1. The minimum atomic E-state index is -4.55. The lowest BCUT2D eigenvalue weighted by atomic mass is 9.54. The predicted octanol–water partition coefficient (Wildman–Crippen LogP) is 4.52. The number of hydrogen-bond donors (Lipinski definition) is 3. The highest BCUT2D eigenvalue weighted by atomic mass is 32.3. The van der Waals surface area contributed by atoms with E-state index in [0.29, 0.717) is 68.0 Å². The van der Waals surface area contributed by atoms with Gasteiger partial charge in [-0.05, 0) is 99.2 Å². The zero-order valence-corrected chi connectivity index (χ0v) is 26.0. The van der Waals surface area contributed by atoms with E-state index in [0.717, 1.165) is 19.3 Å². The fourth-order valence-corrected chi connectivity index (χ4v) is 7.30. The molecule has 1 aliphatic heterocycles. The molecule has 1 saturated carbocycles. The number of imide groups is 1. The second kappa shape index (κ2) is 13.8. The van der Waals surface area contributed by atoms with Crippen molar-refractivity contribution in [2.75, 3.05) is 19.7 Å². The predicted molar refractivity (Wildman–Crippen MR) is 160 cm³/mol. The SMILES string of the molecule is C[C@H]1CC[C@@H]2CC(C)(C)CC=C2[C@@]1(C)CCC(CCCC1=CC(=O)N(CCCCN=C(N)N)C1=O)COS(=O)(=O)O. The van der Waals surface area contributed by atoms with Crippen molar-refractivity contribution in [1.82, 2.24) is 4.90 Å². The van der Waals surface area contributed by atoms with E-state index in [-0.39, 0.29) is 35.7 Å². The normalized spacial score (nSPS) is 26.8. The molecule has 11 heteroatoms. The molecule has 0 spiro atoms. The monoisotopic (exact) mass is 594 g/mol. The summed E-state index contributed by atoms with van der Waals surface area (Å²) in [5, 5.41) is 0. The van der Waals surface area contributed by atoms with Crippen molar-refractivity contribution in [3.63, 3.8) is 0 Å². The molecule has 1 fully saturated rings. The molecule has 232 valence electrons. The van der Waals surface area contributed by atoms with Crippen LogP contribution < -0.4 is 11.5 Å². The summed E-state index contributed by atoms with van der Waals surface area (Å²) in [5.74, 6) is 0.442. The average Bonchev–Trinajstić information content (AvgIpc) is 3.13. The van der Waals surface area contributed by atoms with Crippen LogP contribution in [-0.2, 0) is 24.2 Å². The molecular formula is C30H50N4O6S. The van der Waals surface area contributed by atoms with Crippen molar-refractivity contribution >= 4 is 28.2 Å². The molecule has 3 rings (SSSR count). The largest absolute Gasteiger partial charge is 0.397 e. The molecule has 0 aromatic carbocycles. The first-order chi connectivity index (χ1) is 19.1. The maximum atomic E-state index is 12.8. The third-order valence-electron chi connectivity index (χ3n) is 9.56. The highest BCUT2D eigenvalue weighted by Crippen LogP contribution is 2.56. The molecule has 0 aromatic heterocycles. The Morgan fingerprint density at radius 2 is 1.90 bits per heavy atom. The number of nitrogens with two attached hydrogens (primary N) is 2. The molecule has 5 N–H and O–H groups in total. The molecule has 1 unspecified atom stereocenters. The maximum absolute atomic E-state index is 12.8. The third kappa shape index (κ3) is 9.38. The fourth-order valence-electron chi connectivity index (χ4n) is 6.94. The Morgan fingerprint density at radius 1 is 1.17 bits per heavy atom. The minimum Gasteiger partial charge on any atom is -0.370 e. The summed E-state index contributed by atoms with van der Waals surface area (Å²) in [6.45, 7) is 10.0. The molecule has 0 radical (unpaired) electrons. The quantitative estimate of drug-likeness (QED) is 0.0622. The second-order valence-electron chi connectivity index (χ2n) is 13.3. The molecule has 10 nitrogen and oxygen atoms in total. The molecule has 0 saturated heterocycles. The van der Waals surface area contributed by atoms with Gasteiger partial charge in [-0.2, -0.15) is 8.42 Å². The van der Waals surface area contributed by atoms with Crippen molar-refractivity contribution in [1.29, 1.82) is 0 Å². The number of guanidine groups is 1. The lowest BCUT2D eigenvalue weighted by Gasteiger charge is -2.51. The van der Waals surface area contributed by atoms with Crippen molar-refractivity contribution < 1.29 is 26.7 Å². The summed E-state index contributed by atoms with van der Waals surface area (Å²) in [4.78, 5) is 30.4. The van der Waals surface area contributed by atoms with Gasteiger partial charge in [0, 0.05) is 24.7 Å². The number of hydrogen-bond acceptors (Lipinski definition) is 6. The Bertz CT molecular complexity index is 1160. The van der Waals surface area contributed by atoms with Crippen LogP contribution in [0.1, 0.15) is 98.3 Å². The summed E-state index contributed by atoms with van der Waals surface area (Å²) >= 11 is 0. The van der Waals surface area contributed by atoms with Crippen molar-refractivity contribution in [3.05, 3.63) is 23.3 Å². The van der Waals surface area contributed by atoms with E-state index in [1.807, 2.05) is 0 Å². The third-order valence-corrected chi connectivity index (χ3v) is 9.99. The number of carbonyl (C=O) groups excluding carboxylic acids is 2. The van der Waals surface area contributed by atoms with E-state index in [4.69, 9.17) is 15.7 Å². The van der Waals surface area contributed by atoms with E-state index in [1.165, 1.54) is 30.2 Å². The minimum absolute atomic E-state index is 0.0178. The molecule has 2 aliphatic carbocycles. The fraction of sp³-hybridized carbons (Fsp3) is 0.767. The standard InChI is InChI=1S/C30H50N4O6S/c1-21-10-11-24-19-29(2,3)14-13-25(24)30(21,4)15-12-22(20-40-41(37,38)39)8-7-9-23-18-26(35)34(27(23)36)17-6-5-16-33-28(31)32/h13,18,21-22,24H,5-12,14-17,19-20H2,1-4H3,(H4,31,32,33)(H,37,38,39)/t21-,22?,24+,30-/m0/s1. The summed E-state index contributed by atoms with van der Waals surface area (Å²) in [6.07, 6.45) is 13.1. The number of carbonyl (C=O) groups is 2. The smallest absolute Gasteiger partial charge is 0.370 e. The Morgan fingerprint density at radius 3 is 2.59 bits per heavy atom. The first-order valence-corrected chi connectivity index (χ1v) is 16.4. The molecule has 2 amide bonds. The molecule has 1 heterocycles. The van der Waals surface area contributed by atoms with Gasteiger partial charge in [0.15, 0.2) is 5.96 Å². The summed E-state index contributed by atoms with van der Waals surface area (Å²) in [5.41, 5.74) is 13.0. The van der Waals surface area contributed by atoms with Crippen LogP contribution in [0.3, 0.4) is 0 Å². The van der Waals surface area contributed by atoms with Gasteiger partial charge < -0.3 is 11.5 Å². The van der Waals surface area contributed by atoms with Crippen molar-refractivity contribution in [2.24, 2.45) is 45.0 Å². The van der Waals surface area contributed by atoms with Gasteiger partial charge in [0.25, 0.3) is 11.8 Å². The van der Waals surface area contributed by atoms with E-state index < -0.39 is 10.4 Å². The first kappa shape index (κ1) is 33.3. The van der Waals surface area contributed by atoms with Crippen LogP contribution >= 0.6 is 0 Å². The van der Waals surface area contributed by atoms with Crippen LogP contribution in [0.15, 0.2) is 28.3 Å². The van der Waals surface area contributed by atoms with Crippen LogP contribution in [0.25, 0.3) is 0 Å². The zero-order valence-electron chi connectivity index (χ0n) is 25.2. The molecule has 41 heavy (non-hydrogen) atoms. The molecule has 0 bridgehead atoms. The molecule has 3 aliphatic rings. The number of aliphatic imine (C=N–C) groups is 1. The first-order valence-electron chi connectivity index (χ1n) is 15.1. The second-order valence-corrected chi connectivity index (χ2v) is 14.4. The highest BCUT2D eigenvalue weighted by molar-refractivity contribution is 7.80. The lowest BCUT2D eigenvalue weighted by molar-refractivity contribution is -0.137. The van der Waals surface area contributed by atoms with Gasteiger partial charge >= 0.3 is 10.4 Å². The Balaban J connectivity index is 1.58. The number of nitrogens with zero attached hydrogens (tertiary/aromatic N) is 2. The van der Waals surface area contributed by atoms with Crippen molar-refractivity contribution in [3.8, 4) is 0 Å². The van der Waals surface area contributed by atoms with E-state index in [1.54, 1.807) is 5.57 Å². The van der Waals surface area contributed by atoms with Crippen molar-refractivity contribution in [2.45, 2.75) is 98.3 Å². The Hall–Kier alpha value is -2.24. The van der Waals surface area contributed by atoms with E-state index in [9.17, 15) is 22.6 Å². The van der Waals surface area contributed by atoms with Crippen LogP contribution in [-0.4, -0.2) is 55.3 Å². The maximum Gasteiger partial charge on any atom is 0.397 e. The topological polar surface area (TPSA) is 165 Å². The van der Waals surface area contributed by atoms with Gasteiger partial charge in [0.2, 0.25) is 0 Å². The zero-order chi connectivity index (χ0) is 30.4. The lowest BCUT2D eigenvalue weighted by Crippen LogP contribution is -2.40.